The topological polar surface area (TPSA) is 80.9 Å². The molecule has 5 heterocycles. The predicted molar refractivity (Wildman–Crippen MR) is 129 cm³/mol. The van der Waals surface area contributed by atoms with Crippen LogP contribution in [-0.2, 0) is 25.0 Å². The van der Waals surface area contributed by atoms with Crippen molar-refractivity contribution < 1.29 is 8.78 Å². The Balaban J connectivity index is 1.44. The molecule has 1 N–H and O–H groups in total. The summed E-state index contributed by atoms with van der Waals surface area (Å²) in [6, 6.07) is 6.24. The summed E-state index contributed by atoms with van der Waals surface area (Å²) in [5, 5.41) is 7.58. The molecule has 0 saturated heterocycles. The molecule has 0 spiro atoms. The smallest absolute Gasteiger partial charge is 0.229 e. The van der Waals surface area contributed by atoms with Crippen molar-refractivity contribution in [3.05, 3.63) is 63.7 Å². The van der Waals surface area contributed by atoms with Gasteiger partial charge < -0.3 is 9.88 Å². The molecular formula is C25H25F2N7O. The van der Waals surface area contributed by atoms with Gasteiger partial charge in [0.2, 0.25) is 5.95 Å². The molecule has 2 aliphatic heterocycles. The van der Waals surface area contributed by atoms with E-state index in [9.17, 15) is 9.18 Å². The number of likely N-dealkylation sites (N-methyl/N-ethyl adjacent to an activating group) is 1. The van der Waals surface area contributed by atoms with Crippen molar-refractivity contribution in [3.8, 4) is 11.3 Å². The van der Waals surface area contributed by atoms with Crippen molar-refractivity contribution >= 4 is 22.7 Å². The number of halogens is 2. The maximum Gasteiger partial charge on any atom is 0.229 e. The molecule has 0 bridgehead atoms. The van der Waals surface area contributed by atoms with E-state index in [1.807, 2.05) is 36.2 Å². The lowest BCUT2D eigenvalue weighted by molar-refractivity contribution is 0.259. The van der Waals surface area contributed by atoms with Gasteiger partial charge in [0, 0.05) is 42.0 Å². The van der Waals surface area contributed by atoms with Crippen LogP contribution in [0.3, 0.4) is 0 Å². The van der Waals surface area contributed by atoms with Crippen molar-refractivity contribution in [3.63, 3.8) is 0 Å². The first-order valence-electron chi connectivity index (χ1n) is 11.6. The van der Waals surface area contributed by atoms with Gasteiger partial charge in [-0.15, -0.1) is 0 Å². The van der Waals surface area contributed by atoms with Gasteiger partial charge in [0.15, 0.2) is 17.1 Å². The average Bonchev–Trinajstić information content (AvgIpc) is 3.33. The first-order valence-corrected chi connectivity index (χ1v) is 11.6. The van der Waals surface area contributed by atoms with E-state index in [0.29, 0.717) is 11.3 Å². The molecule has 8 nitrogen and oxygen atoms in total. The summed E-state index contributed by atoms with van der Waals surface area (Å²) in [6.45, 7) is 6.56. The van der Waals surface area contributed by atoms with Crippen LogP contribution in [0, 0.1) is 11.6 Å². The third-order valence-electron chi connectivity index (χ3n) is 6.99. The highest BCUT2D eigenvalue weighted by molar-refractivity contribution is 5.85. The second-order valence-electron chi connectivity index (χ2n) is 10.00. The number of nitrogens with zero attached hydrogens (tertiary/aromatic N) is 6. The number of aryl methyl sites for hydroxylation is 1. The number of anilines is 2. The highest BCUT2D eigenvalue weighted by Gasteiger charge is 2.31. The number of pyridine rings is 1. The Morgan fingerprint density at radius 1 is 1.06 bits per heavy atom. The Bertz CT molecular complexity index is 1560. The maximum atomic E-state index is 15.2. The number of hydrogen-bond donors (Lipinski definition) is 1. The van der Waals surface area contributed by atoms with E-state index in [0.717, 1.165) is 50.1 Å². The standard InChI is InChI=1S/C25H25F2N7O/c1-25(2)5-4-15-10-20(35)22-17(26)8-14(9-19(22)34(15)25)23-18(27)12-28-24(30-23)29-21-11-16-13-32(3)6-7-33(16)31-21/h8-12H,4-7,13H2,1-3H3,(H,28,29,30,31). The minimum atomic E-state index is -0.695. The maximum absolute atomic E-state index is 15.2. The fraction of sp³-hybridized carbons (Fsp3) is 0.360. The summed E-state index contributed by atoms with van der Waals surface area (Å²) >= 11 is 0. The molecule has 0 saturated carbocycles. The van der Waals surface area contributed by atoms with E-state index >= 15 is 4.39 Å². The van der Waals surface area contributed by atoms with Crippen LogP contribution >= 0.6 is 0 Å². The van der Waals surface area contributed by atoms with Gasteiger partial charge in [-0.25, -0.2) is 18.7 Å². The molecule has 0 radical (unpaired) electrons. The molecule has 3 aromatic heterocycles. The molecule has 0 unspecified atom stereocenters. The van der Waals surface area contributed by atoms with E-state index in [4.69, 9.17) is 0 Å². The van der Waals surface area contributed by atoms with E-state index < -0.39 is 11.6 Å². The molecule has 0 aliphatic carbocycles. The first kappa shape index (κ1) is 21.8. The number of rotatable bonds is 3. The first-order chi connectivity index (χ1) is 16.7. The van der Waals surface area contributed by atoms with Crippen LogP contribution in [0.2, 0.25) is 0 Å². The zero-order chi connectivity index (χ0) is 24.5. The number of hydrogen-bond acceptors (Lipinski definition) is 6. The lowest BCUT2D eigenvalue weighted by atomic mass is 10.0. The molecule has 0 atom stereocenters. The molecule has 35 heavy (non-hydrogen) atoms. The van der Waals surface area contributed by atoms with Gasteiger partial charge in [-0.05, 0) is 45.9 Å². The SMILES string of the molecule is CN1CCn2nc(Nc3ncc(F)c(-c4cc(F)c5c(=O)cc6n(c5c4)C(C)(C)CC6)n3)cc2C1. The monoisotopic (exact) mass is 477 g/mol. The Labute approximate surface area is 200 Å². The van der Waals surface area contributed by atoms with E-state index in [-0.39, 0.29) is 33.6 Å². The van der Waals surface area contributed by atoms with Crippen molar-refractivity contribution in [2.75, 3.05) is 18.9 Å². The normalized spacial score (nSPS) is 16.9. The van der Waals surface area contributed by atoms with Gasteiger partial charge in [0.05, 0.1) is 29.3 Å². The Morgan fingerprint density at radius 2 is 1.89 bits per heavy atom. The molecule has 4 aromatic rings. The minimum Gasteiger partial charge on any atom is -0.339 e. The number of benzene rings is 1. The summed E-state index contributed by atoms with van der Waals surface area (Å²) in [7, 11) is 2.05. The molecule has 0 amide bonds. The van der Waals surface area contributed by atoms with Gasteiger partial charge in [0.1, 0.15) is 11.5 Å². The number of fused-ring (bicyclic) bond motifs is 4. The Hall–Kier alpha value is -3.66. The molecule has 180 valence electrons. The van der Waals surface area contributed by atoms with Crippen LogP contribution < -0.4 is 10.7 Å². The third kappa shape index (κ3) is 3.59. The minimum absolute atomic E-state index is 0.00819. The van der Waals surface area contributed by atoms with Crippen LogP contribution in [-0.4, -0.2) is 42.8 Å². The van der Waals surface area contributed by atoms with Crippen molar-refractivity contribution in [2.45, 2.75) is 45.3 Å². The average molecular weight is 478 g/mol. The molecule has 0 fully saturated rings. The largest absolute Gasteiger partial charge is 0.339 e. The van der Waals surface area contributed by atoms with Crippen LogP contribution in [0.15, 0.2) is 35.3 Å². The van der Waals surface area contributed by atoms with Crippen molar-refractivity contribution in [1.29, 1.82) is 0 Å². The highest BCUT2D eigenvalue weighted by Crippen LogP contribution is 2.36. The predicted octanol–water partition coefficient (Wildman–Crippen LogP) is 3.80. The van der Waals surface area contributed by atoms with E-state index in [1.54, 1.807) is 6.07 Å². The summed E-state index contributed by atoms with van der Waals surface area (Å²) in [5.41, 5.74) is 1.89. The van der Waals surface area contributed by atoms with Gasteiger partial charge in [-0.2, -0.15) is 5.10 Å². The lowest BCUT2D eigenvalue weighted by Gasteiger charge is -2.25. The second kappa shape index (κ2) is 7.67. The van der Waals surface area contributed by atoms with Crippen molar-refractivity contribution in [1.82, 2.24) is 29.2 Å². The van der Waals surface area contributed by atoms with E-state index in [2.05, 4.69) is 25.3 Å². The lowest BCUT2D eigenvalue weighted by Crippen LogP contribution is -2.30. The van der Waals surface area contributed by atoms with Crippen molar-refractivity contribution in [2.24, 2.45) is 0 Å². The van der Waals surface area contributed by atoms with Crippen LogP contribution in [0.5, 0.6) is 0 Å². The third-order valence-corrected chi connectivity index (χ3v) is 6.99. The Kier molecular flexibility index (Phi) is 4.79. The highest BCUT2D eigenvalue weighted by atomic mass is 19.1. The quantitative estimate of drug-likeness (QED) is 0.484. The summed E-state index contributed by atoms with van der Waals surface area (Å²) in [5.74, 6) is -0.664. The van der Waals surface area contributed by atoms with Crippen LogP contribution in [0.25, 0.3) is 22.2 Å². The molecule has 2 aliphatic rings. The summed E-state index contributed by atoms with van der Waals surface area (Å²) < 4.78 is 34.0. The molecule has 10 heteroatoms. The van der Waals surface area contributed by atoms with Crippen LogP contribution in [0.4, 0.5) is 20.5 Å². The number of nitrogens with one attached hydrogen (secondary N) is 1. The van der Waals surface area contributed by atoms with Gasteiger partial charge >= 0.3 is 0 Å². The van der Waals surface area contributed by atoms with Crippen LogP contribution in [0.1, 0.15) is 31.7 Å². The molecular weight excluding hydrogens is 452 g/mol. The van der Waals surface area contributed by atoms with Gasteiger partial charge in [-0.3, -0.25) is 14.4 Å². The zero-order valence-corrected chi connectivity index (χ0v) is 19.8. The second-order valence-corrected chi connectivity index (χ2v) is 10.00. The summed E-state index contributed by atoms with van der Waals surface area (Å²) in [4.78, 5) is 23.3. The fourth-order valence-corrected chi connectivity index (χ4v) is 5.24. The molecule has 6 rings (SSSR count). The Morgan fingerprint density at radius 3 is 2.71 bits per heavy atom. The summed E-state index contributed by atoms with van der Waals surface area (Å²) in [6.07, 6.45) is 2.62. The fourth-order valence-electron chi connectivity index (χ4n) is 5.24. The molecule has 1 aromatic carbocycles. The van der Waals surface area contributed by atoms with Gasteiger partial charge in [-0.1, -0.05) is 0 Å². The van der Waals surface area contributed by atoms with Gasteiger partial charge in [0.25, 0.3) is 0 Å². The zero-order valence-electron chi connectivity index (χ0n) is 19.8. The number of aromatic nitrogens is 5. The van der Waals surface area contributed by atoms with E-state index in [1.165, 1.54) is 12.1 Å².